The summed E-state index contributed by atoms with van der Waals surface area (Å²) in [5.41, 5.74) is 1.12. The highest BCUT2D eigenvalue weighted by Crippen LogP contribution is 2.17. The van der Waals surface area contributed by atoms with E-state index in [2.05, 4.69) is 29.7 Å². The average molecular weight is 264 g/mol. The van der Waals surface area contributed by atoms with Gasteiger partial charge in [0.2, 0.25) is 0 Å². The smallest absolute Gasteiger partial charge is 0.121 e. The van der Waals surface area contributed by atoms with E-state index >= 15 is 0 Å². The van der Waals surface area contributed by atoms with E-state index in [0.29, 0.717) is 0 Å². The predicted octanol–water partition coefficient (Wildman–Crippen LogP) is 3.67. The van der Waals surface area contributed by atoms with E-state index in [4.69, 9.17) is 4.74 Å². The Bertz CT molecular complexity index is 328. The fourth-order valence-electron chi connectivity index (χ4n) is 1.92. The summed E-state index contributed by atoms with van der Waals surface area (Å²) in [5.74, 6) is 0.963. The van der Waals surface area contributed by atoms with Gasteiger partial charge in [0.15, 0.2) is 0 Å². The molecule has 0 bridgehead atoms. The molecule has 0 saturated heterocycles. The lowest BCUT2D eigenvalue weighted by Gasteiger charge is -2.09. The minimum absolute atomic E-state index is 0.823. The highest BCUT2D eigenvalue weighted by molar-refractivity contribution is 5.48. The quantitative estimate of drug-likeness (QED) is 0.598. The van der Waals surface area contributed by atoms with Crippen molar-refractivity contribution >= 4 is 5.69 Å². The molecule has 19 heavy (non-hydrogen) atoms. The maximum absolute atomic E-state index is 5.78. The summed E-state index contributed by atoms with van der Waals surface area (Å²) in [6.07, 6.45) is 6.38. The van der Waals surface area contributed by atoms with Crippen molar-refractivity contribution in [3.8, 4) is 5.75 Å². The molecule has 0 unspecified atom stereocenters. The average Bonchev–Trinajstić information content (AvgIpc) is 2.43. The van der Waals surface area contributed by atoms with E-state index in [0.717, 1.165) is 37.6 Å². The monoisotopic (exact) mass is 264 g/mol. The number of unbranched alkanes of at least 4 members (excludes halogenated alkanes) is 4. The van der Waals surface area contributed by atoms with Crippen molar-refractivity contribution in [1.29, 1.82) is 0 Å². The molecule has 0 heterocycles. The summed E-state index contributed by atoms with van der Waals surface area (Å²) in [5, 5.41) is 6.48. The van der Waals surface area contributed by atoms with Crippen LogP contribution in [0, 0.1) is 0 Å². The molecule has 0 aromatic heterocycles. The van der Waals surface area contributed by atoms with Crippen LogP contribution in [-0.2, 0) is 0 Å². The summed E-state index contributed by atoms with van der Waals surface area (Å²) in [7, 11) is 1.96. The molecule has 1 aromatic rings. The Labute approximate surface area is 117 Å². The molecule has 108 valence electrons. The molecule has 3 nitrogen and oxygen atoms in total. The van der Waals surface area contributed by atoms with Gasteiger partial charge in [-0.2, -0.15) is 0 Å². The molecule has 0 radical (unpaired) electrons. The van der Waals surface area contributed by atoms with Gasteiger partial charge < -0.3 is 15.4 Å². The van der Waals surface area contributed by atoms with Crippen LogP contribution in [0.3, 0.4) is 0 Å². The molecule has 0 fully saturated rings. The van der Waals surface area contributed by atoms with E-state index in [-0.39, 0.29) is 0 Å². The Kier molecular flexibility index (Phi) is 8.90. The zero-order chi connectivity index (χ0) is 13.8. The molecule has 0 saturated carbocycles. The molecule has 0 aliphatic heterocycles. The van der Waals surface area contributed by atoms with Gasteiger partial charge in [-0.25, -0.2) is 0 Å². The number of ether oxygens (including phenoxy) is 1. The van der Waals surface area contributed by atoms with Crippen LogP contribution in [0.5, 0.6) is 5.75 Å². The van der Waals surface area contributed by atoms with Crippen molar-refractivity contribution in [2.75, 3.05) is 32.1 Å². The summed E-state index contributed by atoms with van der Waals surface area (Å²) in [6.45, 7) is 4.95. The van der Waals surface area contributed by atoms with Gasteiger partial charge in [-0.05, 0) is 25.6 Å². The normalized spacial score (nSPS) is 10.4. The molecule has 0 aliphatic carbocycles. The first-order valence-corrected chi connectivity index (χ1v) is 7.48. The third kappa shape index (κ3) is 7.73. The van der Waals surface area contributed by atoms with E-state index in [1.165, 1.54) is 25.7 Å². The van der Waals surface area contributed by atoms with Crippen LogP contribution in [0.15, 0.2) is 24.3 Å². The lowest BCUT2D eigenvalue weighted by atomic mass is 10.2. The fourth-order valence-corrected chi connectivity index (χ4v) is 1.92. The van der Waals surface area contributed by atoms with Crippen LogP contribution in [0.4, 0.5) is 5.69 Å². The van der Waals surface area contributed by atoms with Gasteiger partial charge in [-0.1, -0.05) is 38.7 Å². The minimum atomic E-state index is 0.823. The lowest BCUT2D eigenvalue weighted by molar-refractivity contribution is 0.304. The van der Waals surface area contributed by atoms with E-state index < -0.39 is 0 Å². The summed E-state index contributed by atoms with van der Waals surface area (Å²) < 4.78 is 5.78. The van der Waals surface area contributed by atoms with Crippen molar-refractivity contribution in [3.05, 3.63) is 24.3 Å². The summed E-state index contributed by atoms with van der Waals surface area (Å²) in [4.78, 5) is 0. The standard InChI is InChI=1S/C16H28N2O/c1-3-4-5-6-7-13-19-16-10-8-9-15(14-16)18-12-11-17-2/h8-10,14,17-18H,3-7,11-13H2,1-2H3. The topological polar surface area (TPSA) is 33.3 Å². The Morgan fingerprint density at radius 2 is 1.89 bits per heavy atom. The second kappa shape index (κ2) is 10.7. The highest BCUT2D eigenvalue weighted by atomic mass is 16.5. The van der Waals surface area contributed by atoms with E-state index in [9.17, 15) is 0 Å². The third-order valence-electron chi connectivity index (χ3n) is 3.05. The zero-order valence-corrected chi connectivity index (χ0v) is 12.4. The maximum Gasteiger partial charge on any atom is 0.121 e. The fraction of sp³-hybridized carbons (Fsp3) is 0.625. The first-order valence-electron chi connectivity index (χ1n) is 7.48. The molecule has 0 atom stereocenters. The van der Waals surface area contributed by atoms with Crippen molar-refractivity contribution in [1.82, 2.24) is 5.32 Å². The van der Waals surface area contributed by atoms with Crippen LogP contribution in [-0.4, -0.2) is 26.7 Å². The highest BCUT2D eigenvalue weighted by Gasteiger charge is 1.97. The number of likely N-dealkylation sites (N-methyl/N-ethyl adjacent to an activating group) is 1. The minimum Gasteiger partial charge on any atom is -0.494 e. The van der Waals surface area contributed by atoms with Gasteiger partial charge in [-0.15, -0.1) is 0 Å². The molecule has 0 spiro atoms. The number of benzene rings is 1. The van der Waals surface area contributed by atoms with Crippen molar-refractivity contribution in [2.45, 2.75) is 39.0 Å². The number of rotatable bonds is 11. The van der Waals surface area contributed by atoms with Crippen LogP contribution in [0.25, 0.3) is 0 Å². The first kappa shape index (κ1) is 15.8. The summed E-state index contributed by atoms with van der Waals surface area (Å²) in [6, 6.07) is 8.20. The second-order valence-corrected chi connectivity index (χ2v) is 4.82. The number of nitrogens with one attached hydrogen (secondary N) is 2. The van der Waals surface area contributed by atoms with Crippen LogP contribution < -0.4 is 15.4 Å². The SMILES string of the molecule is CCCCCCCOc1cccc(NCCNC)c1. The second-order valence-electron chi connectivity index (χ2n) is 4.82. The molecule has 2 N–H and O–H groups in total. The van der Waals surface area contributed by atoms with Crippen molar-refractivity contribution < 1.29 is 4.74 Å². The Hall–Kier alpha value is -1.22. The molecule has 1 rings (SSSR count). The Morgan fingerprint density at radius 1 is 1.05 bits per heavy atom. The van der Waals surface area contributed by atoms with Gasteiger partial charge in [0.05, 0.1) is 6.61 Å². The van der Waals surface area contributed by atoms with Crippen LogP contribution in [0.1, 0.15) is 39.0 Å². The summed E-state index contributed by atoms with van der Waals surface area (Å²) >= 11 is 0. The third-order valence-corrected chi connectivity index (χ3v) is 3.05. The van der Waals surface area contributed by atoms with Crippen molar-refractivity contribution in [3.63, 3.8) is 0 Å². The van der Waals surface area contributed by atoms with Crippen molar-refractivity contribution in [2.24, 2.45) is 0 Å². The van der Waals surface area contributed by atoms with Gasteiger partial charge in [0.1, 0.15) is 5.75 Å². The van der Waals surface area contributed by atoms with Crippen LogP contribution >= 0.6 is 0 Å². The molecular formula is C16H28N2O. The van der Waals surface area contributed by atoms with E-state index in [1.54, 1.807) is 0 Å². The zero-order valence-electron chi connectivity index (χ0n) is 12.4. The number of hydrogen-bond acceptors (Lipinski definition) is 3. The Balaban J connectivity index is 2.20. The molecule has 3 heteroatoms. The Morgan fingerprint density at radius 3 is 2.68 bits per heavy atom. The lowest BCUT2D eigenvalue weighted by Crippen LogP contribution is -2.17. The van der Waals surface area contributed by atoms with Gasteiger partial charge in [0, 0.05) is 24.8 Å². The van der Waals surface area contributed by atoms with E-state index in [1.807, 2.05) is 19.2 Å². The van der Waals surface area contributed by atoms with Crippen LogP contribution in [0.2, 0.25) is 0 Å². The van der Waals surface area contributed by atoms with Gasteiger partial charge >= 0.3 is 0 Å². The maximum atomic E-state index is 5.78. The molecular weight excluding hydrogens is 236 g/mol. The largest absolute Gasteiger partial charge is 0.494 e. The molecule has 1 aromatic carbocycles. The number of anilines is 1. The first-order chi connectivity index (χ1) is 9.36. The van der Waals surface area contributed by atoms with Gasteiger partial charge in [0.25, 0.3) is 0 Å². The van der Waals surface area contributed by atoms with Gasteiger partial charge in [-0.3, -0.25) is 0 Å². The number of hydrogen-bond donors (Lipinski definition) is 2. The molecule has 0 aliphatic rings. The molecule has 0 amide bonds. The predicted molar refractivity (Wildman–Crippen MR) is 83.1 cm³/mol.